The van der Waals surface area contributed by atoms with E-state index in [1.54, 1.807) is 12.1 Å². The average molecular weight is 408 g/mol. The molecule has 2 fully saturated rings. The summed E-state index contributed by atoms with van der Waals surface area (Å²) in [6, 6.07) is 13.0. The molecular formula is C23H23FN3O3+. The summed E-state index contributed by atoms with van der Waals surface area (Å²) in [5.41, 5.74) is 0.992. The monoisotopic (exact) mass is 408 g/mol. The summed E-state index contributed by atoms with van der Waals surface area (Å²) in [7, 11) is 0. The Kier molecular flexibility index (Phi) is 4.08. The molecule has 2 saturated heterocycles. The van der Waals surface area contributed by atoms with E-state index in [-0.39, 0.29) is 42.0 Å². The normalized spacial score (nSPS) is 29.7. The van der Waals surface area contributed by atoms with Gasteiger partial charge in [-0.2, -0.15) is 0 Å². The van der Waals surface area contributed by atoms with Crippen LogP contribution in [0.4, 0.5) is 10.1 Å². The number of halogens is 1. The van der Waals surface area contributed by atoms with Crippen LogP contribution in [-0.4, -0.2) is 28.7 Å². The number of carbonyl (C=O) groups excluding carboxylic acids is 3. The molecule has 7 heteroatoms. The number of imide groups is 1. The summed E-state index contributed by atoms with van der Waals surface area (Å²) in [6.45, 7) is 4.10. The first-order valence-electron chi connectivity index (χ1n) is 10.2. The van der Waals surface area contributed by atoms with Crippen molar-refractivity contribution in [2.75, 3.05) is 5.32 Å². The second-order valence-electron chi connectivity index (χ2n) is 8.75. The molecule has 3 amide bonds. The quantitative estimate of drug-likeness (QED) is 0.753. The van der Waals surface area contributed by atoms with Crippen molar-refractivity contribution in [2.45, 2.75) is 32.0 Å². The molecule has 3 heterocycles. The number of para-hydroxylation sites is 1. The molecule has 3 aliphatic heterocycles. The number of anilines is 1. The highest BCUT2D eigenvalue weighted by Crippen LogP contribution is 2.50. The van der Waals surface area contributed by atoms with Gasteiger partial charge in [0.2, 0.25) is 17.4 Å². The van der Waals surface area contributed by atoms with Crippen molar-refractivity contribution in [3.8, 4) is 0 Å². The fourth-order valence-corrected chi connectivity index (χ4v) is 5.44. The lowest BCUT2D eigenvalue weighted by atomic mass is 9.76. The Bertz CT molecular complexity index is 1070. The lowest BCUT2D eigenvalue weighted by Crippen LogP contribution is -2.99. The third-order valence-electron chi connectivity index (χ3n) is 6.82. The van der Waals surface area contributed by atoms with Gasteiger partial charge in [0.05, 0.1) is 12.2 Å². The van der Waals surface area contributed by atoms with E-state index in [2.05, 4.69) is 5.32 Å². The predicted molar refractivity (Wildman–Crippen MR) is 106 cm³/mol. The minimum atomic E-state index is -1.14. The van der Waals surface area contributed by atoms with Gasteiger partial charge in [-0.1, -0.05) is 44.2 Å². The van der Waals surface area contributed by atoms with E-state index >= 15 is 0 Å². The van der Waals surface area contributed by atoms with Gasteiger partial charge in [0.1, 0.15) is 23.7 Å². The van der Waals surface area contributed by atoms with Gasteiger partial charge in [-0.05, 0) is 23.8 Å². The number of hydrogen-bond acceptors (Lipinski definition) is 3. The number of quaternary nitrogens is 1. The minimum Gasteiger partial charge on any atom is -0.326 e. The molecule has 5 rings (SSSR count). The van der Waals surface area contributed by atoms with Crippen LogP contribution in [0.5, 0.6) is 0 Å². The first-order valence-corrected chi connectivity index (χ1v) is 10.2. The summed E-state index contributed by atoms with van der Waals surface area (Å²) >= 11 is 0. The van der Waals surface area contributed by atoms with E-state index in [1.807, 2.05) is 43.4 Å². The molecule has 154 valence electrons. The highest BCUT2D eigenvalue weighted by molar-refractivity contribution is 6.13. The number of nitrogens with zero attached hydrogens (tertiary/aromatic N) is 1. The Balaban J connectivity index is 1.59. The van der Waals surface area contributed by atoms with Crippen LogP contribution in [0.1, 0.15) is 25.0 Å². The maximum atomic E-state index is 13.6. The van der Waals surface area contributed by atoms with Crippen molar-refractivity contribution < 1.29 is 24.1 Å². The number of rotatable bonds is 3. The lowest BCUT2D eigenvalue weighted by Gasteiger charge is -2.27. The van der Waals surface area contributed by atoms with Crippen LogP contribution in [0.25, 0.3) is 0 Å². The molecule has 30 heavy (non-hydrogen) atoms. The van der Waals surface area contributed by atoms with Crippen LogP contribution >= 0.6 is 0 Å². The lowest BCUT2D eigenvalue weighted by molar-refractivity contribution is -0.738. The number of carbonyl (C=O) groups is 3. The largest absolute Gasteiger partial charge is 0.326 e. The van der Waals surface area contributed by atoms with Crippen LogP contribution in [0, 0.1) is 23.6 Å². The first-order chi connectivity index (χ1) is 14.3. The van der Waals surface area contributed by atoms with Crippen molar-refractivity contribution >= 4 is 23.4 Å². The molecule has 0 aromatic heterocycles. The van der Waals surface area contributed by atoms with Crippen LogP contribution in [-0.2, 0) is 26.5 Å². The van der Waals surface area contributed by atoms with Crippen molar-refractivity contribution in [3.63, 3.8) is 0 Å². The molecule has 3 aliphatic rings. The molecule has 0 radical (unpaired) electrons. The molecular weight excluding hydrogens is 385 g/mol. The second-order valence-corrected chi connectivity index (χ2v) is 8.75. The number of nitrogens with one attached hydrogen (secondary N) is 1. The summed E-state index contributed by atoms with van der Waals surface area (Å²) in [5.74, 6) is -2.44. The van der Waals surface area contributed by atoms with E-state index in [1.165, 1.54) is 17.0 Å². The van der Waals surface area contributed by atoms with E-state index < -0.39 is 17.4 Å². The molecule has 0 unspecified atom stereocenters. The highest BCUT2D eigenvalue weighted by atomic mass is 19.1. The standard InChI is InChI=1S/C23H22FN3O3/c1-12(2)19-17-18(23(26-19)15-5-3-4-6-16(15)25-22(23)30)21(29)27(20(17)28)11-13-7-9-14(24)10-8-13/h3-10,12,17-19,26H,11H2,1-2H3,(H,25,30)/p+1/t17-,18-,19-,23-/m0/s1. The summed E-state index contributed by atoms with van der Waals surface area (Å²) in [5, 5.41) is 4.86. The fourth-order valence-electron chi connectivity index (χ4n) is 5.44. The average Bonchev–Trinajstić information content (AvgIpc) is 3.31. The first kappa shape index (κ1) is 18.9. The van der Waals surface area contributed by atoms with Crippen LogP contribution in [0.3, 0.4) is 0 Å². The molecule has 6 nitrogen and oxygen atoms in total. The SMILES string of the molecule is CC(C)[C@@H]1[NH2+][C@]2(C(=O)Nc3ccccc32)[C@@H]2C(=O)N(Cc3ccc(F)cc3)C(=O)[C@@H]21. The molecule has 4 atom stereocenters. The molecule has 0 aliphatic carbocycles. The smallest absolute Gasteiger partial charge is 0.291 e. The number of amides is 3. The van der Waals surface area contributed by atoms with Crippen molar-refractivity contribution in [1.29, 1.82) is 0 Å². The van der Waals surface area contributed by atoms with E-state index in [4.69, 9.17) is 0 Å². The Morgan fingerprint density at radius 3 is 2.47 bits per heavy atom. The zero-order valence-corrected chi connectivity index (χ0v) is 16.8. The molecule has 2 aromatic rings. The van der Waals surface area contributed by atoms with Gasteiger partial charge >= 0.3 is 0 Å². The van der Waals surface area contributed by atoms with Gasteiger partial charge < -0.3 is 10.6 Å². The maximum Gasteiger partial charge on any atom is 0.291 e. The zero-order valence-electron chi connectivity index (χ0n) is 16.8. The van der Waals surface area contributed by atoms with Crippen molar-refractivity contribution in [3.05, 3.63) is 65.5 Å². The topological polar surface area (TPSA) is 83.1 Å². The van der Waals surface area contributed by atoms with E-state index in [9.17, 15) is 18.8 Å². The molecule has 2 aromatic carbocycles. The van der Waals surface area contributed by atoms with Crippen LogP contribution in [0.2, 0.25) is 0 Å². The van der Waals surface area contributed by atoms with Gasteiger partial charge in [0.15, 0.2) is 0 Å². The second kappa shape index (κ2) is 6.47. The van der Waals surface area contributed by atoms with Gasteiger partial charge in [-0.15, -0.1) is 0 Å². The highest BCUT2D eigenvalue weighted by Gasteiger charge is 2.74. The van der Waals surface area contributed by atoms with Crippen LogP contribution < -0.4 is 10.6 Å². The van der Waals surface area contributed by atoms with Gasteiger partial charge in [0.25, 0.3) is 5.91 Å². The van der Waals surface area contributed by atoms with E-state index in [0.717, 1.165) is 5.56 Å². The summed E-state index contributed by atoms with van der Waals surface area (Å²) in [4.78, 5) is 41.5. The minimum absolute atomic E-state index is 0.0785. The molecule has 0 bridgehead atoms. The van der Waals surface area contributed by atoms with Crippen LogP contribution in [0.15, 0.2) is 48.5 Å². The van der Waals surface area contributed by atoms with Crippen molar-refractivity contribution in [2.24, 2.45) is 17.8 Å². The number of benzene rings is 2. The third-order valence-corrected chi connectivity index (χ3v) is 6.82. The Morgan fingerprint density at radius 1 is 1.07 bits per heavy atom. The summed E-state index contributed by atoms with van der Waals surface area (Å²) < 4.78 is 13.3. The summed E-state index contributed by atoms with van der Waals surface area (Å²) in [6.07, 6.45) is 0. The fraction of sp³-hybridized carbons (Fsp3) is 0.348. The van der Waals surface area contributed by atoms with Gasteiger partial charge in [-0.3, -0.25) is 19.3 Å². The van der Waals surface area contributed by atoms with Gasteiger partial charge in [0, 0.05) is 11.5 Å². The zero-order chi connectivity index (χ0) is 21.2. The van der Waals surface area contributed by atoms with Gasteiger partial charge in [-0.25, -0.2) is 4.39 Å². The molecule has 0 saturated carbocycles. The Morgan fingerprint density at radius 2 is 1.77 bits per heavy atom. The number of fused-ring (bicyclic) bond motifs is 4. The maximum absolute atomic E-state index is 13.6. The Hall–Kier alpha value is -3.06. The number of likely N-dealkylation sites (tertiary alicyclic amines) is 1. The van der Waals surface area contributed by atoms with E-state index in [0.29, 0.717) is 11.3 Å². The molecule has 3 N–H and O–H groups in total. The number of nitrogens with two attached hydrogens (primary N) is 1. The number of hydrogen-bond donors (Lipinski definition) is 2. The Labute approximate surface area is 173 Å². The molecule has 1 spiro atoms. The third kappa shape index (κ3) is 2.41. The van der Waals surface area contributed by atoms with Crippen molar-refractivity contribution in [1.82, 2.24) is 4.90 Å². The predicted octanol–water partition coefficient (Wildman–Crippen LogP) is 1.38.